The van der Waals surface area contributed by atoms with Gasteiger partial charge in [0.25, 0.3) is 21.6 Å². The highest BCUT2D eigenvalue weighted by Gasteiger charge is 2.28. The van der Waals surface area contributed by atoms with Gasteiger partial charge < -0.3 is 4.74 Å². The third kappa shape index (κ3) is 6.74. The number of amides is 1. The Morgan fingerprint density at radius 3 is 2.54 bits per heavy atom. The van der Waals surface area contributed by atoms with E-state index in [0.29, 0.717) is 17.9 Å². The second-order valence-electron chi connectivity index (χ2n) is 7.07. The molecule has 35 heavy (non-hydrogen) atoms. The Bertz CT molecular complexity index is 1340. The molecule has 0 fully saturated rings. The number of non-ortho nitro benzene ring substituents is 1. The predicted octanol–water partition coefficient (Wildman–Crippen LogP) is 3.51. The maximum Gasteiger partial charge on any atom is 0.271 e. The number of hydrazone groups is 1. The van der Waals surface area contributed by atoms with Gasteiger partial charge in [0.1, 0.15) is 18.9 Å². The molecule has 0 aliphatic carbocycles. The number of anilines is 1. The normalized spacial score (nSPS) is 11.1. The first-order chi connectivity index (χ1) is 16.8. The minimum atomic E-state index is -4.21. The standard InChI is InChI=1S/C24H22N4O6S/c1-2-14-34-22-11-6-8-19(15-22)17-25-26-24(29)18-27(20-9-7-10-21(16-20)28(30)31)35(32,33)23-12-4-3-5-13-23/h2-13,15-17H,1,14,18H2,(H,26,29)/b25-17-. The van der Waals surface area contributed by atoms with Gasteiger partial charge in [0.05, 0.1) is 21.7 Å². The summed E-state index contributed by atoms with van der Waals surface area (Å²) in [4.78, 5) is 23.1. The Kier molecular flexibility index (Phi) is 8.30. The fourth-order valence-corrected chi connectivity index (χ4v) is 4.41. The van der Waals surface area contributed by atoms with Gasteiger partial charge in [-0.1, -0.05) is 49.1 Å². The first kappa shape index (κ1) is 25.1. The zero-order valence-corrected chi connectivity index (χ0v) is 19.3. The monoisotopic (exact) mass is 494 g/mol. The van der Waals surface area contributed by atoms with Gasteiger partial charge in [0, 0.05) is 12.1 Å². The van der Waals surface area contributed by atoms with Gasteiger partial charge in [0.15, 0.2) is 0 Å². The van der Waals surface area contributed by atoms with Crippen LogP contribution in [0, 0.1) is 10.1 Å². The molecular formula is C24H22N4O6S. The second kappa shape index (κ2) is 11.6. The van der Waals surface area contributed by atoms with Gasteiger partial charge in [-0.2, -0.15) is 5.10 Å². The van der Waals surface area contributed by atoms with Crippen molar-refractivity contribution >= 4 is 33.5 Å². The first-order valence-electron chi connectivity index (χ1n) is 10.3. The van der Waals surface area contributed by atoms with Crippen LogP contribution in [-0.2, 0) is 14.8 Å². The Labute approximate surface area is 202 Å². The number of benzene rings is 3. The van der Waals surface area contributed by atoms with Crippen molar-refractivity contribution in [3.63, 3.8) is 0 Å². The number of rotatable bonds is 11. The Hall–Kier alpha value is -4.51. The molecule has 0 atom stereocenters. The van der Waals surface area contributed by atoms with Crippen molar-refractivity contribution in [3.05, 3.63) is 107 Å². The number of nitrogens with one attached hydrogen (secondary N) is 1. The summed E-state index contributed by atoms with van der Waals surface area (Å²) < 4.78 is 32.8. The van der Waals surface area contributed by atoms with Crippen LogP contribution in [0.4, 0.5) is 11.4 Å². The second-order valence-corrected chi connectivity index (χ2v) is 8.93. The van der Waals surface area contributed by atoms with Gasteiger partial charge in [-0.15, -0.1) is 0 Å². The SMILES string of the molecule is C=CCOc1cccc(/C=N\NC(=O)CN(c2cccc([N+](=O)[O-])c2)S(=O)(=O)c2ccccc2)c1. The van der Waals surface area contributed by atoms with Crippen LogP contribution >= 0.6 is 0 Å². The zero-order valence-electron chi connectivity index (χ0n) is 18.5. The third-order valence-electron chi connectivity index (χ3n) is 4.58. The maximum absolute atomic E-state index is 13.3. The fourth-order valence-electron chi connectivity index (χ4n) is 2.98. The minimum Gasteiger partial charge on any atom is -0.490 e. The van der Waals surface area contributed by atoms with Crippen molar-refractivity contribution in [1.82, 2.24) is 5.43 Å². The van der Waals surface area contributed by atoms with Crippen molar-refractivity contribution in [3.8, 4) is 5.75 Å². The number of nitro benzene ring substituents is 1. The molecule has 11 heteroatoms. The summed E-state index contributed by atoms with van der Waals surface area (Å²) >= 11 is 0. The van der Waals surface area contributed by atoms with Crippen LogP contribution in [0.25, 0.3) is 0 Å². The predicted molar refractivity (Wildman–Crippen MR) is 132 cm³/mol. The number of hydrogen-bond acceptors (Lipinski definition) is 7. The summed E-state index contributed by atoms with van der Waals surface area (Å²) in [6.07, 6.45) is 2.99. The Morgan fingerprint density at radius 1 is 1.09 bits per heavy atom. The molecule has 0 spiro atoms. The van der Waals surface area contributed by atoms with Crippen LogP contribution in [-0.4, -0.2) is 38.6 Å². The highest BCUT2D eigenvalue weighted by Crippen LogP contribution is 2.26. The van der Waals surface area contributed by atoms with Crippen LogP contribution in [0.3, 0.4) is 0 Å². The van der Waals surface area contributed by atoms with Crippen molar-refractivity contribution in [2.45, 2.75) is 4.90 Å². The molecule has 0 saturated carbocycles. The molecule has 0 bridgehead atoms. The number of nitrogens with zero attached hydrogens (tertiary/aromatic N) is 3. The molecule has 1 amide bonds. The van der Waals surface area contributed by atoms with Crippen molar-refractivity contribution in [1.29, 1.82) is 0 Å². The van der Waals surface area contributed by atoms with E-state index in [0.717, 1.165) is 10.4 Å². The molecule has 10 nitrogen and oxygen atoms in total. The van der Waals surface area contributed by atoms with E-state index in [2.05, 4.69) is 17.1 Å². The molecule has 3 aromatic carbocycles. The van der Waals surface area contributed by atoms with Crippen LogP contribution in [0.5, 0.6) is 5.75 Å². The van der Waals surface area contributed by atoms with E-state index in [4.69, 9.17) is 4.74 Å². The van der Waals surface area contributed by atoms with E-state index >= 15 is 0 Å². The lowest BCUT2D eigenvalue weighted by atomic mass is 10.2. The highest BCUT2D eigenvalue weighted by atomic mass is 32.2. The summed E-state index contributed by atoms with van der Waals surface area (Å²) in [6, 6.07) is 19.5. The molecule has 1 N–H and O–H groups in total. The Morgan fingerprint density at radius 2 is 1.83 bits per heavy atom. The summed E-state index contributed by atoms with van der Waals surface area (Å²) in [5, 5.41) is 15.1. The molecule has 180 valence electrons. The summed E-state index contributed by atoms with van der Waals surface area (Å²) in [6.45, 7) is 3.26. The molecule has 0 saturated heterocycles. The average molecular weight is 495 g/mol. The summed E-state index contributed by atoms with van der Waals surface area (Å²) in [5.41, 5.74) is 2.58. The number of ether oxygens (including phenoxy) is 1. The van der Waals surface area contributed by atoms with Crippen LogP contribution in [0.1, 0.15) is 5.56 Å². The number of carbonyl (C=O) groups is 1. The molecule has 0 radical (unpaired) electrons. The van der Waals surface area contributed by atoms with Crippen LogP contribution in [0.15, 0.2) is 102 Å². The van der Waals surface area contributed by atoms with E-state index < -0.39 is 27.4 Å². The minimum absolute atomic E-state index is 0.0331. The summed E-state index contributed by atoms with van der Waals surface area (Å²) in [5.74, 6) is -0.155. The zero-order chi connectivity index (χ0) is 25.3. The Balaban J connectivity index is 1.82. The summed E-state index contributed by atoms with van der Waals surface area (Å²) in [7, 11) is -4.21. The molecule has 0 aliphatic rings. The molecular weight excluding hydrogens is 472 g/mol. The number of sulfonamides is 1. The smallest absolute Gasteiger partial charge is 0.271 e. The molecule has 0 aromatic heterocycles. The number of carbonyl (C=O) groups excluding carboxylic acids is 1. The average Bonchev–Trinajstić information content (AvgIpc) is 2.87. The van der Waals surface area contributed by atoms with Crippen molar-refractivity contribution < 1.29 is 22.9 Å². The maximum atomic E-state index is 13.3. The van der Waals surface area contributed by atoms with Crippen LogP contribution in [0.2, 0.25) is 0 Å². The highest BCUT2D eigenvalue weighted by molar-refractivity contribution is 7.92. The molecule has 0 heterocycles. The molecule has 0 aliphatic heterocycles. The number of hydrogen-bond donors (Lipinski definition) is 1. The molecule has 3 aromatic rings. The van der Waals surface area contributed by atoms with E-state index in [9.17, 15) is 23.3 Å². The van der Waals surface area contributed by atoms with Crippen molar-refractivity contribution in [2.75, 3.05) is 17.5 Å². The van der Waals surface area contributed by atoms with Gasteiger partial charge in [0.2, 0.25) is 0 Å². The topological polar surface area (TPSA) is 131 Å². The first-order valence-corrected chi connectivity index (χ1v) is 11.7. The largest absolute Gasteiger partial charge is 0.490 e. The van der Waals surface area contributed by atoms with E-state index in [1.54, 1.807) is 36.4 Å². The molecule has 3 rings (SSSR count). The van der Waals surface area contributed by atoms with Gasteiger partial charge in [-0.3, -0.25) is 19.2 Å². The van der Waals surface area contributed by atoms with E-state index in [1.165, 1.54) is 48.7 Å². The fraction of sp³-hybridized carbons (Fsp3) is 0.0833. The quantitative estimate of drug-likeness (QED) is 0.188. The van der Waals surface area contributed by atoms with E-state index in [-0.39, 0.29) is 16.3 Å². The van der Waals surface area contributed by atoms with Crippen molar-refractivity contribution in [2.24, 2.45) is 5.10 Å². The van der Waals surface area contributed by atoms with E-state index in [1.807, 2.05) is 0 Å². The third-order valence-corrected chi connectivity index (χ3v) is 6.36. The van der Waals surface area contributed by atoms with Gasteiger partial charge in [-0.25, -0.2) is 13.8 Å². The van der Waals surface area contributed by atoms with Gasteiger partial charge in [-0.05, 0) is 35.9 Å². The lowest BCUT2D eigenvalue weighted by Crippen LogP contribution is -2.39. The van der Waals surface area contributed by atoms with Gasteiger partial charge >= 0.3 is 0 Å². The van der Waals surface area contributed by atoms with Crippen LogP contribution < -0.4 is 14.5 Å². The lowest BCUT2D eigenvalue weighted by molar-refractivity contribution is -0.384. The number of nitro groups is 1. The lowest BCUT2D eigenvalue weighted by Gasteiger charge is -2.23. The molecule has 0 unspecified atom stereocenters.